The number of hydrogen-bond donors (Lipinski definition) is 3. The van der Waals surface area contributed by atoms with Crippen LogP contribution in [-0.2, 0) is 10.0 Å². The minimum absolute atomic E-state index is 0.0252. The smallest absolute Gasteiger partial charge is 0.321 e. The average Bonchev–Trinajstić information content (AvgIpc) is 2.96. The Bertz CT molecular complexity index is 1530. The monoisotopic (exact) mass is 598 g/mol. The van der Waals surface area contributed by atoms with Gasteiger partial charge in [-0.25, -0.2) is 17.6 Å². The SMILES string of the molecule is Cc1ccc(S(=O)(=O)Nc2cccc3c2O[C@@H](CN(C)C(=O)Nc2ccc(F)cc2)[C@@H](C)CN([C@H](C)CO)C3=O)cc1. The number of nitrogens with one attached hydrogen (secondary N) is 2. The molecule has 0 aromatic heterocycles. The lowest BCUT2D eigenvalue weighted by Gasteiger charge is -2.38. The predicted molar refractivity (Wildman–Crippen MR) is 158 cm³/mol. The topological polar surface area (TPSA) is 128 Å². The summed E-state index contributed by atoms with van der Waals surface area (Å²) in [6, 6.07) is 15.3. The molecule has 0 spiro atoms. The second-order valence-corrected chi connectivity index (χ2v) is 12.2. The summed E-state index contributed by atoms with van der Waals surface area (Å²) in [5.41, 5.74) is 1.49. The van der Waals surface area contributed by atoms with E-state index >= 15 is 0 Å². The minimum atomic E-state index is -4.04. The number of aryl methyl sites for hydroxylation is 1. The van der Waals surface area contributed by atoms with E-state index in [1.807, 2.05) is 13.8 Å². The van der Waals surface area contributed by atoms with Crippen molar-refractivity contribution in [3.63, 3.8) is 0 Å². The van der Waals surface area contributed by atoms with Gasteiger partial charge in [0.15, 0.2) is 5.75 Å². The number of amides is 3. The zero-order valence-electron chi connectivity index (χ0n) is 23.9. The van der Waals surface area contributed by atoms with E-state index in [1.54, 1.807) is 32.2 Å². The maximum atomic E-state index is 13.7. The first kappa shape index (κ1) is 30.8. The van der Waals surface area contributed by atoms with E-state index in [0.717, 1.165) is 5.56 Å². The van der Waals surface area contributed by atoms with Crippen LogP contribution in [0, 0.1) is 18.7 Å². The second-order valence-electron chi connectivity index (χ2n) is 10.5. The molecule has 3 aromatic carbocycles. The third-order valence-corrected chi connectivity index (χ3v) is 8.54. The lowest BCUT2D eigenvalue weighted by atomic mass is 9.99. The molecule has 1 aliphatic heterocycles. The van der Waals surface area contributed by atoms with Gasteiger partial charge in [0.05, 0.1) is 35.3 Å². The van der Waals surface area contributed by atoms with Gasteiger partial charge in [-0.3, -0.25) is 9.52 Å². The van der Waals surface area contributed by atoms with Crippen LogP contribution < -0.4 is 14.8 Å². The van der Waals surface area contributed by atoms with Crippen LogP contribution in [0.5, 0.6) is 5.75 Å². The summed E-state index contributed by atoms with van der Waals surface area (Å²) in [6.45, 7) is 5.43. The number of para-hydroxylation sites is 1. The molecular weight excluding hydrogens is 563 g/mol. The molecular formula is C30H35FN4O6S. The van der Waals surface area contributed by atoms with Crippen molar-refractivity contribution in [2.24, 2.45) is 5.92 Å². The van der Waals surface area contributed by atoms with Crippen molar-refractivity contribution in [3.05, 3.63) is 83.7 Å². The first-order valence-electron chi connectivity index (χ1n) is 13.5. The highest BCUT2D eigenvalue weighted by atomic mass is 32.2. The number of urea groups is 1. The van der Waals surface area contributed by atoms with Gasteiger partial charge in [-0.2, -0.15) is 0 Å². The van der Waals surface area contributed by atoms with Crippen molar-refractivity contribution >= 4 is 33.3 Å². The Morgan fingerprint density at radius 1 is 1.14 bits per heavy atom. The van der Waals surface area contributed by atoms with Gasteiger partial charge in [0.2, 0.25) is 0 Å². The van der Waals surface area contributed by atoms with Crippen molar-refractivity contribution < 1.29 is 32.2 Å². The highest BCUT2D eigenvalue weighted by molar-refractivity contribution is 7.92. The molecule has 3 aromatic rings. The highest BCUT2D eigenvalue weighted by Gasteiger charge is 2.35. The molecule has 0 saturated carbocycles. The fraction of sp³-hybridized carbons (Fsp3) is 0.333. The molecule has 0 radical (unpaired) electrons. The standard InChI is InChI=1S/C30H35FN4O6S/c1-19-8-14-24(15-9-19)42(39,40)33-26-7-5-6-25-28(26)41-27(20(2)16-35(29(25)37)21(3)18-36)17-34(4)30(38)32-23-12-10-22(31)11-13-23/h5-15,20-21,27,33,36H,16-18H2,1-4H3,(H,32,38)/t20-,21+,27-/m0/s1. The molecule has 42 heavy (non-hydrogen) atoms. The number of aliphatic hydroxyl groups excluding tert-OH is 1. The van der Waals surface area contributed by atoms with Crippen LogP contribution in [0.15, 0.2) is 71.6 Å². The van der Waals surface area contributed by atoms with Crippen molar-refractivity contribution in [2.45, 2.75) is 37.8 Å². The molecule has 0 saturated heterocycles. The van der Waals surface area contributed by atoms with Crippen molar-refractivity contribution in [2.75, 3.05) is 36.8 Å². The van der Waals surface area contributed by atoms with Crippen LogP contribution in [-0.4, -0.2) is 74.2 Å². The third kappa shape index (κ3) is 7.00. The fourth-order valence-corrected chi connectivity index (χ4v) is 5.63. The first-order chi connectivity index (χ1) is 19.9. The number of aliphatic hydroxyl groups is 1. The van der Waals surface area contributed by atoms with Gasteiger partial charge in [-0.05, 0) is 62.4 Å². The van der Waals surface area contributed by atoms with Gasteiger partial charge in [0.1, 0.15) is 11.9 Å². The number of likely N-dealkylation sites (N-methyl/N-ethyl adjacent to an activating group) is 1. The van der Waals surface area contributed by atoms with Crippen molar-refractivity contribution in [1.82, 2.24) is 9.80 Å². The number of benzene rings is 3. The maximum absolute atomic E-state index is 13.7. The van der Waals surface area contributed by atoms with E-state index in [1.165, 1.54) is 58.3 Å². The van der Waals surface area contributed by atoms with E-state index in [2.05, 4.69) is 10.0 Å². The maximum Gasteiger partial charge on any atom is 0.321 e. The Morgan fingerprint density at radius 3 is 2.45 bits per heavy atom. The molecule has 12 heteroatoms. The number of carbonyl (C=O) groups is 2. The number of nitrogens with zero attached hydrogens (tertiary/aromatic N) is 2. The summed E-state index contributed by atoms with van der Waals surface area (Å²) in [7, 11) is -2.47. The summed E-state index contributed by atoms with van der Waals surface area (Å²) in [6.07, 6.45) is -0.681. The summed E-state index contributed by atoms with van der Waals surface area (Å²) in [4.78, 5) is 29.6. The number of rotatable bonds is 8. The lowest BCUT2D eigenvalue weighted by molar-refractivity contribution is 0.0373. The molecule has 3 N–H and O–H groups in total. The molecule has 10 nitrogen and oxygen atoms in total. The van der Waals surface area contributed by atoms with Crippen LogP contribution >= 0.6 is 0 Å². The largest absolute Gasteiger partial charge is 0.485 e. The van der Waals surface area contributed by atoms with Gasteiger partial charge >= 0.3 is 6.03 Å². The Morgan fingerprint density at radius 2 is 1.81 bits per heavy atom. The van der Waals surface area contributed by atoms with Crippen LogP contribution in [0.3, 0.4) is 0 Å². The first-order valence-corrected chi connectivity index (χ1v) is 15.0. The van der Waals surface area contributed by atoms with E-state index in [-0.39, 0.29) is 47.5 Å². The average molecular weight is 599 g/mol. The third-order valence-electron chi connectivity index (χ3n) is 7.16. The molecule has 0 unspecified atom stereocenters. The van der Waals surface area contributed by atoms with Crippen LogP contribution in [0.2, 0.25) is 0 Å². The van der Waals surface area contributed by atoms with Gasteiger partial charge in [-0.15, -0.1) is 0 Å². The molecule has 224 valence electrons. The number of hydrogen-bond acceptors (Lipinski definition) is 6. The van der Waals surface area contributed by atoms with E-state index in [4.69, 9.17) is 4.74 Å². The number of fused-ring (bicyclic) bond motifs is 1. The number of ether oxygens (including phenoxy) is 1. The van der Waals surface area contributed by atoms with Crippen LogP contribution in [0.1, 0.15) is 29.8 Å². The van der Waals surface area contributed by atoms with Crippen LogP contribution in [0.25, 0.3) is 0 Å². The Balaban J connectivity index is 1.68. The molecule has 0 fully saturated rings. The van der Waals surface area contributed by atoms with Gasteiger partial charge in [-0.1, -0.05) is 30.7 Å². The van der Waals surface area contributed by atoms with Gasteiger partial charge < -0.3 is 25.0 Å². The summed E-state index contributed by atoms with van der Waals surface area (Å²) in [5, 5.41) is 12.6. The highest BCUT2D eigenvalue weighted by Crippen LogP contribution is 2.36. The minimum Gasteiger partial charge on any atom is -0.485 e. The van der Waals surface area contributed by atoms with E-state index in [9.17, 15) is 27.5 Å². The summed E-state index contributed by atoms with van der Waals surface area (Å²) in [5.74, 6) is -1.16. The number of carbonyl (C=O) groups excluding carboxylic acids is 2. The molecule has 4 rings (SSSR count). The van der Waals surface area contributed by atoms with Crippen LogP contribution in [0.4, 0.5) is 20.6 Å². The number of sulfonamides is 1. The van der Waals surface area contributed by atoms with Crippen molar-refractivity contribution in [1.29, 1.82) is 0 Å². The van der Waals surface area contributed by atoms with E-state index < -0.39 is 39.9 Å². The summed E-state index contributed by atoms with van der Waals surface area (Å²) >= 11 is 0. The fourth-order valence-electron chi connectivity index (χ4n) is 4.57. The quantitative estimate of drug-likeness (QED) is 0.354. The Hall–Kier alpha value is -4.16. The Kier molecular flexibility index (Phi) is 9.37. The molecule has 0 aliphatic carbocycles. The molecule has 3 amide bonds. The number of halogens is 1. The molecule has 1 aliphatic rings. The predicted octanol–water partition coefficient (Wildman–Crippen LogP) is 4.32. The van der Waals surface area contributed by atoms with Gasteiger partial charge in [0, 0.05) is 25.2 Å². The molecule has 1 heterocycles. The Labute approximate surface area is 245 Å². The van der Waals surface area contributed by atoms with Crippen molar-refractivity contribution in [3.8, 4) is 5.75 Å². The second kappa shape index (κ2) is 12.8. The lowest BCUT2D eigenvalue weighted by Crippen LogP contribution is -2.50. The summed E-state index contributed by atoms with van der Waals surface area (Å²) < 4.78 is 48.8. The molecule has 0 bridgehead atoms. The zero-order chi connectivity index (χ0) is 30.6. The number of anilines is 2. The van der Waals surface area contributed by atoms with Gasteiger partial charge in [0.25, 0.3) is 15.9 Å². The van der Waals surface area contributed by atoms with E-state index in [0.29, 0.717) is 5.69 Å². The zero-order valence-corrected chi connectivity index (χ0v) is 24.7. The normalized spacial score (nSPS) is 17.8. The molecule has 3 atom stereocenters.